The smallest absolute Gasteiger partial charge is 0.411 e. The van der Waals surface area contributed by atoms with E-state index in [0.29, 0.717) is 18.1 Å². The highest BCUT2D eigenvalue weighted by Crippen LogP contribution is 2.46. The third-order valence-corrected chi connectivity index (χ3v) is 5.66. The summed E-state index contributed by atoms with van der Waals surface area (Å²) in [5.41, 5.74) is 3.95. The van der Waals surface area contributed by atoms with E-state index in [2.05, 4.69) is 11.1 Å². The first kappa shape index (κ1) is 16.8. The number of rotatable bonds is 3. The van der Waals surface area contributed by atoms with Crippen LogP contribution in [0.1, 0.15) is 22.9 Å². The van der Waals surface area contributed by atoms with E-state index in [9.17, 15) is 9.90 Å². The van der Waals surface area contributed by atoms with E-state index in [1.54, 1.807) is 17.0 Å². The highest BCUT2D eigenvalue weighted by Gasteiger charge is 2.45. The first-order chi connectivity index (χ1) is 13.6. The second-order valence-electron chi connectivity index (χ2n) is 7.08. The number of nitrogens with zero attached hydrogens (tertiary/aromatic N) is 1. The number of fused-ring (bicyclic) bond motifs is 4. The number of cyclic esters (lactones) is 1. The molecule has 0 bridgehead atoms. The van der Waals surface area contributed by atoms with Gasteiger partial charge in [-0.15, -0.1) is 0 Å². The van der Waals surface area contributed by atoms with E-state index in [0.717, 1.165) is 28.6 Å². The molecule has 3 aromatic rings. The van der Waals surface area contributed by atoms with Gasteiger partial charge in [0, 0.05) is 16.6 Å². The maximum absolute atomic E-state index is 12.6. The third kappa shape index (κ3) is 2.25. The number of aromatic hydroxyl groups is 1. The second kappa shape index (κ2) is 6.09. The third-order valence-electron chi connectivity index (χ3n) is 5.66. The maximum Gasteiger partial charge on any atom is 0.411 e. The number of nitrogens with one attached hydrogen (secondary N) is 1. The Labute approximate surface area is 161 Å². The first-order valence-corrected chi connectivity index (χ1v) is 9.11. The summed E-state index contributed by atoms with van der Waals surface area (Å²) in [4.78, 5) is 17.8. The molecule has 0 saturated carbocycles. The van der Waals surface area contributed by atoms with Gasteiger partial charge >= 0.3 is 6.09 Å². The van der Waals surface area contributed by atoms with Crippen molar-refractivity contribution in [3.63, 3.8) is 0 Å². The molecule has 2 aromatic carbocycles. The van der Waals surface area contributed by atoms with Crippen molar-refractivity contribution < 1.29 is 24.1 Å². The quantitative estimate of drug-likeness (QED) is 0.728. The molecule has 28 heavy (non-hydrogen) atoms. The summed E-state index contributed by atoms with van der Waals surface area (Å²) in [6, 6.07) is 11.2. The lowest BCUT2D eigenvalue weighted by molar-refractivity contribution is 0.147. The van der Waals surface area contributed by atoms with Gasteiger partial charge < -0.3 is 24.3 Å². The molecule has 2 aliphatic heterocycles. The molecule has 1 aromatic heterocycles. The molecule has 144 valence electrons. The Kier molecular flexibility index (Phi) is 3.65. The van der Waals surface area contributed by atoms with E-state index in [1.165, 1.54) is 19.8 Å². The Balaban J connectivity index is 1.76. The van der Waals surface area contributed by atoms with E-state index < -0.39 is 0 Å². The summed E-state index contributed by atoms with van der Waals surface area (Å²) < 4.78 is 16.0. The van der Waals surface area contributed by atoms with Crippen LogP contribution in [-0.2, 0) is 11.2 Å². The summed E-state index contributed by atoms with van der Waals surface area (Å²) in [6.45, 7) is 0.362. The van der Waals surface area contributed by atoms with Crippen molar-refractivity contribution in [2.24, 2.45) is 0 Å². The number of hydrogen-bond acceptors (Lipinski definition) is 5. The van der Waals surface area contributed by atoms with Crippen LogP contribution in [0, 0.1) is 0 Å². The molecular weight excluding hydrogens is 360 g/mol. The zero-order valence-corrected chi connectivity index (χ0v) is 15.6. The number of hydrogen-bond donors (Lipinski definition) is 2. The van der Waals surface area contributed by atoms with Crippen molar-refractivity contribution in [1.29, 1.82) is 0 Å². The number of benzene rings is 2. The van der Waals surface area contributed by atoms with Crippen molar-refractivity contribution in [2.45, 2.75) is 18.5 Å². The van der Waals surface area contributed by atoms with Crippen LogP contribution in [0.15, 0.2) is 36.4 Å². The largest absolute Gasteiger partial charge is 0.502 e. The molecule has 0 radical (unpaired) electrons. The first-order valence-electron chi connectivity index (χ1n) is 9.11. The topological polar surface area (TPSA) is 84.0 Å². The fraction of sp³-hybridized carbons (Fsp3) is 0.286. The van der Waals surface area contributed by atoms with Crippen LogP contribution in [0.2, 0.25) is 0 Å². The number of phenolic OH excluding ortho intramolecular Hbond substituents is 1. The fourth-order valence-corrected chi connectivity index (χ4v) is 4.39. The van der Waals surface area contributed by atoms with E-state index in [4.69, 9.17) is 14.2 Å². The van der Waals surface area contributed by atoms with Gasteiger partial charge in [-0.25, -0.2) is 4.79 Å². The van der Waals surface area contributed by atoms with Crippen molar-refractivity contribution >= 4 is 17.0 Å². The highest BCUT2D eigenvalue weighted by atomic mass is 16.6. The van der Waals surface area contributed by atoms with Crippen LogP contribution in [0.5, 0.6) is 17.2 Å². The predicted molar refractivity (Wildman–Crippen MR) is 102 cm³/mol. The van der Waals surface area contributed by atoms with Crippen molar-refractivity contribution in [3.05, 3.63) is 53.2 Å². The van der Waals surface area contributed by atoms with Crippen molar-refractivity contribution in [2.75, 3.05) is 20.8 Å². The maximum atomic E-state index is 12.6. The molecule has 7 heteroatoms. The lowest BCUT2D eigenvalue weighted by atomic mass is 9.89. The zero-order chi connectivity index (χ0) is 19.4. The zero-order valence-electron chi connectivity index (χ0n) is 15.6. The monoisotopic (exact) mass is 380 g/mol. The minimum absolute atomic E-state index is 0.0463. The van der Waals surface area contributed by atoms with Gasteiger partial charge in [-0.05, 0) is 35.7 Å². The fourth-order valence-electron chi connectivity index (χ4n) is 4.39. The number of aromatic amines is 1. The predicted octanol–water partition coefficient (Wildman–Crippen LogP) is 3.36. The van der Waals surface area contributed by atoms with Gasteiger partial charge in [0.2, 0.25) is 5.75 Å². The Morgan fingerprint density at radius 3 is 2.61 bits per heavy atom. The van der Waals surface area contributed by atoms with Gasteiger partial charge in [-0.2, -0.15) is 0 Å². The number of para-hydroxylation sites is 1. The molecule has 1 amide bonds. The number of carbonyl (C=O) groups excluding carboxylic acids is 1. The van der Waals surface area contributed by atoms with Gasteiger partial charge in [0.1, 0.15) is 12.6 Å². The molecular formula is C21H20N2O5. The molecule has 3 heterocycles. The van der Waals surface area contributed by atoms with Gasteiger partial charge in [0.05, 0.1) is 20.3 Å². The molecule has 2 N–H and O–H groups in total. The van der Waals surface area contributed by atoms with Crippen LogP contribution >= 0.6 is 0 Å². The Bertz CT molecular complexity index is 1060. The number of amides is 1. The SMILES string of the molecule is COc1cc([C@H]2c3[nH]c4ccccc4c3C[C@H]3COC(=O)N32)cc(OC)c1O. The summed E-state index contributed by atoms with van der Waals surface area (Å²) in [6.07, 6.45) is 0.388. The van der Waals surface area contributed by atoms with Crippen LogP contribution in [-0.4, -0.2) is 48.0 Å². The van der Waals surface area contributed by atoms with Gasteiger partial charge in [0.15, 0.2) is 11.5 Å². The molecule has 0 spiro atoms. The van der Waals surface area contributed by atoms with Crippen LogP contribution in [0.4, 0.5) is 4.79 Å². The second-order valence-corrected chi connectivity index (χ2v) is 7.08. The van der Waals surface area contributed by atoms with Crippen LogP contribution in [0.25, 0.3) is 10.9 Å². The molecule has 0 aliphatic carbocycles. The minimum atomic E-state index is -0.389. The number of aromatic nitrogens is 1. The van der Waals surface area contributed by atoms with Gasteiger partial charge in [-0.1, -0.05) is 18.2 Å². The standard InChI is InChI=1S/C21H20N2O5/c1-26-16-7-11(8-17(27-2)20(16)24)19-18-14(9-12-10-28-21(25)23(12)19)13-5-3-4-6-15(13)22-18/h3-8,12,19,22,24H,9-10H2,1-2H3/t12-,19-/m0/s1. The Morgan fingerprint density at radius 2 is 1.89 bits per heavy atom. The normalized spacial score (nSPS) is 20.6. The van der Waals surface area contributed by atoms with Crippen LogP contribution in [0.3, 0.4) is 0 Å². The molecule has 1 fully saturated rings. The molecule has 0 unspecified atom stereocenters. The number of ether oxygens (including phenoxy) is 3. The minimum Gasteiger partial charge on any atom is -0.502 e. The number of H-pyrrole nitrogens is 1. The lowest BCUT2D eigenvalue weighted by Crippen LogP contribution is -2.42. The number of carbonyl (C=O) groups is 1. The van der Waals surface area contributed by atoms with E-state index in [-0.39, 0.29) is 23.9 Å². The van der Waals surface area contributed by atoms with Crippen molar-refractivity contribution in [1.82, 2.24) is 9.88 Å². The van der Waals surface area contributed by atoms with Crippen LogP contribution < -0.4 is 9.47 Å². The molecule has 2 atom stereocenters. The highest BCUT2D eigenvalue weighted by molar-refractivity contribution is 5.86. The average molecular weight is 380 g/mol. The number of phenols is 1. The Morgan fingerprint density at radius 1 is 1.18 bits per heavy atom. The lowest BCUT2D eigenvalue weighted by Gasteiger charge is -2.36. The van der Waals surface area contributed by atoms with Gasteiger partial charge in [0.25, 0.3) is 0 Å². The average Bonchev–Trinajstić information content (AvgIpc) is 3.27. The van der Waals surface area contributed by atoms with Gasteiger partial charge in [-0.3, -0.25) is 4.90 Å². The summed E-state index contributed by atoms with van der Waals surface area (Å²) in [7, 11) is 2.97. The Hall–Kier alpha value is -3.35. The van der Waals surface area contributed by atoms with E-state index in [1.807, 2.05) is 18.2 Å². The summed E-state index contributed by atoms with van der Waals surface area (Å²) in [5.74, 6) is 0.519. The molecule has 7 nitrogen and oxygen atoms in total. The van der Waals surface area contributed by atoms with E-state index >= 15 is 0 Å². The summed E-state index contributed by atoms with van der Waals surface area (Å²) in [5, 5.41) is 11.4. The molecule has 2 aliphatic rings. The molecule has 1 saturated heterocycles. The number of methoxy groups -OCH3 is 2. The molecule has 5 rings (SSSR count). The van der Waals surface area contributed by atoms with Crippen molar-refractivity contribution in [3.8, 4) is 17.2 Å². The summed E-state index contributed by atoms with van der Waals surface area (Å²) >= 11 is 0.